The van der Waals surface area contributed by atoms with Crippen molar-refractivity contribution >= 4 is 34.8 Å². The summed E-state index contributed by atoms with van der Waals surface area (Å²) >= 11 is 16.8. The second-order valence-corrected chi connectivity index (χ2v) is 4.99. The van der Waals surface area contributed by atoms with Gasteiger partial charge in [0.05, 0.1) is 0 Å². The van der Waals surface area contributed by atoms with Crippen LogP contribution >= 0.6 is 34.8 Å². The minimum Gasteiger partial charge on any atom is -0.264 e. The van der Waals surface area contributed by atoms with Gasteiger partial charge in [0.2, 0.25) is 0 Å². The van der Waals surface area contributed by atoms with Crippen LogP contribution in [0.5, 0.6) is 0 Å². The van der Waals surface area contributed by atoms with Crippen LogP contribution < -0.4 is 0 Å². The van der Waals surface area contributed by atoms with Crippen LogP contribution in [0.15, 0.2) is 24.5 Å². The van der Waals surface area contributed by atoms with Crippen molar-refractivity contribution in [3.63, 3.8) is 0 Å². The van der Waals surface area contributed by atoms with Crippen LogP contribution in [0.2, 0.25) is 0 Å². The summed E-state index contributed by atoms with van der Waals surface area (Å²) in [7, 11) is 0. The number of aryl methyl sites for hydroxylation is 1. The Morgan fingerprint density at radius 2 is 2.08 bits per heavy atom. The maximum atomic E-state index is 5.59. The maximum absolute atomic E-state index is 5.59. The fourth-order valence-corrected chi connectivity index (χ4v) is 1.12. The van der Waals surface area contributed by atoms with Crippen LogP contribution in [0.3, 0.4) is 0 Å². The Kier molecular flexibility index (Phi) is 3.63. The first-order valence-corrected chi connectivity index (χ1v) is 4.67. The van der Waals surface area contributed by atoms with Gasteiger partial charge in [-0.15, -0.1) is 0 Å². The summed E-state index contributed by atoms with van der Waals surface area (Å²) in [6.07, 6.45) is 4.75. The van der Waals surface area contributed by atoms with E-state index in [0.29, 0.717) is 6.42 Å². The summed E-state index contributed by atoms with van der Waals surface area (Å²) in [4.78, 5) is 3.96. The van der Waals surface area contributed by atoms with E-state index in [-0.39, 0.29) is 0 Å². The number of hydrogen-bond donors (Lipinski definition) is 0. The van der Waals surface area contributed by atoms with Gasteiger partial charge in [-0.25, -0.2) is 0 Å². The SMILES string of the molecule is ClC(Cl)(Cl)CCc1cccnc1. The smallest absolute Gasteiger partial charge is 0.190 e. The fourth-order valence-electron chi connectivity index (χ4n) is 0.832. The summed E-state index contributed by atoms with van der Waals surface area (Å²) in [5.74, 6) is 0. The van der Waals surface area contributed by atoms with Gasteiger partial charge in [-0.3, -0.25) is 4.98 Å². The van der Waals surface area contributed by atoms with Crippen LogP contribution in [0, 0.1) is 0 Å². The van der Waals surface area contributed by atoms with Gasteiger partial charge in [-0.1, -0.05) is 40.9 Å². The lowest BCUT2D eigenvalue weighted by Crippen LogP contribution is -2.03. The molecule has 1 heterocycles. The number of nitrogens with zero attached hydrogens (tertiary/aromatic N) is 1. The van der Waals surface area contributed by atoms with Gasteiger partial charge < -0.3 is 0 Å². The second kappa shape index (κ2) is 4.31. The third-order valence-electron chi connectivity index (χ3n) is 1.42. The third kappa shape index (κ3) is 4.15. The summed E-state index contributed by atoms with van der Waals surface area (Å²) in [6.45, 7) is 0. The lowest BCUT2D eigenvalue weighted by molar-refractivity contribution is 0.847. The number of pyridine rings is 1. The zero-order chi connectivity index (χ0) is 9.03. The molecule has 0 unspecified atom stereocenters. The predicted molar refractivity (Wildman–Crippen MR) is 52.8 cm³/mol. The fraction of sp³-hybridized carbons (Fsp3) is 0.375. The molecule has 0 saturated heterocycles. The lowest BCUT2D eigenvalue weighted by atomic mass is 10.2. The number of halogens is 3. The molecule has 0 aliphatic rings. The van der Waals surface area contributed by atoms with Crippen molar-refractivity contribution in [2.24, 2.45) is 0 Å². The molecule has 1 aromatic heterocycles. The third-order valence-corrected chi connectivity index (χ3v) is 1.99. The van der Waals surface area contributed by atoms with Crippen LogP contribution in [-0.2, 0) is 6.42 Å². The van der Waals surface area contributed by atoms with Gasteiger partial charge in [0.15, 0.2) is 3.79 Å². The van der Waals surface area contributed by atoms with Crippen LogP contribution in [0.25, 0.3) is 0 Å². The Balaban J connectivity index is 2.44. The van der Waals surface area contributed by atoms with E-state index in [1.165, 1.54) is 0 Å². The van der Waals surface area contributed by atoms with Crippen LogP contribution in [-0.4, -0.2) is 8.78 Å². The normalized spacial score (nSPS) is 11.6. The standard InChI is InChI=1S/C8H8Cl3N/c9-8(10,11)4-3-7-2-1-5-12-6-7/h1-2,5-6H,3-4H2. The van der Waals surface area contributed by atoms with Gasteiger partial charge in [0.1, 0.15) is 0 Å². The van der Waals surface area contributed by atoms with Gasteiger partial charge in [0, 0.05) is 12.4 Å². The number of aromatic nitrogens is 1. The molecular weight excluding hydrogens is 216 g/mol. The molecule has 12 heavy (non-hydrogen) atoms. The minimum absolute atomic E-state index is 0.517. The van der Waals surface area contributed by atoms with Gasteiger partial charge in [0.25, 0.3) is 0 Å². The molecule has 0 bridgehead atoms. The highest BCUT2D eigenvalue weighted by atomic mass is 35.6. The van der Waals surface area contributed by atoms with Gasteiger partial charge in [-0.2, -0.15) is 0 Å². The van der Waals surface area contributed by atoms with E-state index in [1.54, 1.807) is 12.4 Å². The molecule has 4 heteroatoms. The highest BCUT2D eigenvalue weighted by molar-refractivity contribution is 6.67. The lowest BCUT2D eigenvalue weighted by Gasteiger charge is -2.09. The highest BCUT2D eigenvalue weighted by Crippen LogP contribution is 2.31. The number of hydrogen-bond acceptors (Lipinski definition) is 1. The number of alkyl halides is 3. The first-order chi connectivity index (χ1) is 5.58. The van der Waals surface area contributed by atoms with E-state index >= 15 is 0 Å². The molecule has 0 aliphatic heterocycles. The van der Waals surface area contributed by atoms with Crippen molar-refractivity contribution in [3.05, 3.63) is 30.1 Å². The molecule has 0 aromatic carbocycles. The Morgan fingerprint density at radius 3 is 2.58 bits per heavy atom. The molecule has 1 nitrogen and oxygen atoms in total. The maximum Gasteiger partial charge on any atom is 0.190 e. The molecule has 0 fully saturated rings. The molecule has 0 spiro atoms. The molecule has 0 saturated carbocycles. The predicted octanol–water partition coefficient (Wildman–Crippen LogP) is 3.38. The number of rotatable bonds is 2. The van der Waals surface area contributed by atoms with E-state index in [4.69, 9.17) is 34.8 Å². The zero-order valence-electron chi connectivity index (χ0n) is 6.30. The largest absolute Gasteiger partial charge is 0.264 e. The second-order valence-electron chi connectivity index (χ2n) is 2.48. The average molecular weight is 225 g/mol. The van der Waals surface area contributed by atoms with E-state index in [1.807, 2.05) is 12.1 Å². The molecule has 0 amide bonds. The Bertz CT molecular complexity index is 230. The molecule has 0 atom stereocenters. The van der Waals surface area contributed by atoms with Crippen molar-refractivity contribution < 1.29 is 0 Å². The minimum atomic E-state index is -1.16. The van der Waals surface area contributed by atoms with Crippen molar-refractivity contribution in [3.8, 4) is 0 Å². The van der Waals surface area contributed by atoms with E-state index in [0.717, 1.165) is 12.0 Å². The molecule has 1 aromatic rings. The quantitative estimate of drug-likeness (QED) is 0.702. The molecule has 1 rings (SSSR count). The van der Waals surface area contributed by atoms with E-state index in [9.17, 15) is 0 Å². The van der Waals surface area contributed by atoms with Crippen molar-refractivity contribution in [1.82, 2.24) is 4.98 Å². The molecule has 66 valence electrons. The summed E-state index contributed by atoms with van der Waals surface area (Å²) in [6, 6.07) is 3.83. The van der Waals surface area contributed by atoms with Crippen LogP contribution in [0.4, 0.5) is 0 Å². The average Bonchev–Trinajstić information content (AvgIpc) is 2.02. The Labute approximate surface area is 86.7 Å². The topological polar surface area (TPSA) is 12.9 Å². The molecule has 0 N–H and O–H groups in total. The van der Waals surface area contributed by atoms with Gasteiger partial charge >= 0.3 is 0 Å². The van der Waals surface area contributed by atoms with Crippen molar-refractivity contribution in [2.45, 2.75) is 16.6 Å². The molecular formula is C8H8Cl3N. The van der Waals surface area contributed by atoms with Crippen molar-refractivity contribution in [1.29, 1.82) is 0 Å². The van der Waals surface area contributed by atoms with E-state index in [2.05, 4.69) is 4.98 Å². The molecule has 0 radical (unpaired) electrons. The first kappa shape index (κ1) is 10.1. The van der Waals surface area contributed by atoms with E-state index < -0.39 is 3.79 Å². The zero-order valence-corrected chi connectivity index (χ0v) is 8.57. The molecule has 0 aliphatic carbocycles. The summed E-state index contributed by atoms with van der Waals surface area (Å²) in [5.41, 5.74) is 1.09. The monoisotopic (exact) mass is 223 g/mol. The van der Waals surface area contributed by atoms with Gasteiger partial charge in [-0.05, 0) is 24.5 Å². The summed E-state index contributed by atoms with van der Waals surface area (Å²) in [5, 5.41) is 0. The Morgan fingerprint density at radius 1 is 1.33 bits per heavy atom. The first-order valence-electron chi connectivity index (χ1n) is 3.53. The Hall–Kier alpha value is 0.0200. The highest BCUT2D eigenvalue weighted by Gasteiger charge is 2.18. The van der Waals surface area contributed by atoms with Crippen molar-refractivity contribution in [2.75, 3.05) is 0 Å². The summed E-state index contributed by atoms with van der Waals surface area (Å²) < 4.78 is -1.16. The van der Waals surface area contributed by atoms with Crippen LogP contribution in [0.1, 0.15) is 12.0 Å².